The van der Waals surface area contributed by atoms with Crippen LogP contribution in [-0.4, -0.2) is 51.8 Å². The molecule has 3 N–H and O–H groups in total. The highest BCUT2D eigenvalue weighted by molar-refractivity contribution is 6.31. The van der Waals surface area contributed by atoms with Crippen molar-refractivity contribution in [2.75, 3.05) is 19.7 Å². The number of H-pyrrole nitrogens is 1. The number of aromatic nitrogens is 1. The second-order valence-electron chi connectivity index (χ2n) is 8.31. The lowest BCUT2D eigenvalue weighted by Gasteiger charge is -2.16. The molecule has 4 atom stereocenters. The molecule has 1 aliphatic carbocycles. The van der Waals surface area contributed by atoms with Gasteiger partial charge in [0.25, 0.3) is 5.91 Å². The monoisotopic (exact) mass is 410 g/mol. The summed E-state index contributed by atoms with van der Waals surface area (Å²) in [5, 5.41) is 22.4. The summed E-state index contributed by atoms with van der Waals surface area (Å²) < 4.78 is 0. The minimum atomic E-state index is -0.659. The summed E-state index contributed by atoms with van der Waals surface area (Å²) in [6.07, 6.45) is -0.659. The molecule has 1 aliphatic heterocycles. The van der Waals surface area contributed by atoms with Gasteiger partial charge in [-0.2, -0.15) is 0 Å². The van der Waals surface area contributed by atoms with Crippen molar-refractivity contribution in [1.82, 2.24) is 9.88 Å². The zero-order chi connectivity index (χ0) is 20.3. The first-order chi connectivity index (χ1) is 14.0. The highest BCUT2D eigenvalue weighted by atomic mass is 35.5. The molecule has 1 amide bonds. The van der Waals surface area contributed by atoms with E-state index in [0.717, 1.165) is 22.0 Å². The van der Waals surface area contributed by atoms with E-state index in [1.807, 2.05) is 49.4 Å². The Bertz CT molecular complexity index is 1100. The molecule has 2 aliphatic rings. The van der Waals surface area contributed by atoms with Crippen LogP contribution in [0.1, 0.15) is 27.5 Å². The zero-order valence-electron chi connectivity index (χ0n) is 16.1. The van der Waals surface area contributed by atoms with Crippen LogP contribution in [0.4, 0.5) is 0 Å². The van der Waals surface area contributed by atoms with Crippen LogP contribution in [0.15, 0.2) is 48.5 Å². The van der Waals surface area contributed by atoms with E-state index >= 15 is 0 Å². The van der Waals surface area contributed by atoms with Crippen LogP contribution in [0.5, 0.6) is 0 Å². The van der Waals surface area contributed by atoms with Crippen LogP contribution in [0.3, 0.4) is 0 Å². The van der Waals surface area contributed by atoms with Gasteiger partial charge in [0.05, 0.1) is 6.10 Å². The molecule has 2 fully saturated rings. The normalized spacial score (nSPS) is 28.4. The number of β-amino-alcohol motifs (C(OH)–C–C–N with tert-alkyl or cyclic N) is 1. The number of hydrogen-bond acceptors (Lipinski definition) is 3. The number of aliphatic hydroxyl groups excluding tert-OH is 2. The summed E-state index contributed by atoms with van der Waals surface area (Å²) in [4.78, 5) is 18.2. The molecule has 0 bridgehead atoms. The van der Waals surface area contributed by atoms with E-state index in [-0.39, 0.29) is 30.9 Å². The third-order valence-electron chi connectivity index (χ3n) is 6.92. The van der Waals surface area contributed by atoms with Crippen molar-refractivity contribution >= 4 is 28.4 Å². The van der Waals surface area contributed by atoms with Gasteiger partial charge in [0, 0.05) is 41.0 Å². The Morgan fingerprint density at radius 2 is 2.03 bits per heavy atom. The van der Waals surface area contributed by atoms with E-state index in [0.29, 0.717) is 17.3 Å². The number of benzene rings is 2. The van der Waals surface area contributed by atoms with Gasteiger partial charge in [0.15, 0.2) is 0 Å². The highest BCUT2D eigenvalue weighted by Gasteiger charge is 2.71. The van der Waals surface area contributed by atoms with Crippen molar-refractivity contribution in [3.05, 3.63) is 70.4 Å². The standard InChI is InChI=1S/C23H23ClN2O3/c1-13-16-9-15(24)7-8-18(16)25-21(13)22(29)26-10-19(28)23(12-26)17(11-27)20(23)14-5-3-2-4-6-14/h2-9,17,19-20,25,27-28H,10-12H2,1H3/t17-,19+,20-,23-/m1/s1. The average Bonchev–Trinajstić information content (AvgIpc) is 3.10. The van der Waals surface area contributed by atoms with E-state index in [2.05, 4.69) is 4.98 Å². The number of amides is 1. The number of aryl methyl sites for hydroxylation is 1. The summed E-state index contributed by atoms with van der Waals surface area (Å²) >= 11 is 6.11. The van der Waals surface area contributed by atoms with Gasteiger partial charge in [-0.05, 0) is 48.1 Å². The van der Waals surface area contributed by atoms with Crippen LogP contribution in [0.25, 0.3) is 10.9 Å². The van der Waals surface area contributed by atoms with Crippen molar-refractivity contribution in [1.29, 1.82) is 0 Å². The Hall–Kier alpha value is -2.34. The maximum atomic E-state index is 13.3. The van der Waals surface area contributed by atoms with Gasteiger partial charge in [-0.15, -0.1) is 0 Å². The van der Waals surface area contributed by atoms with Crippen molar-refractivity contribution in [3.63, 3.8) is 0 Å². The fourth-order valence-corrected chi connectivity index (χ4v) is 5.57. The van der Waals surface area contributed by atoms with E-state index in [1.54, 1.807) is 11.0 Å². The second-order valence-corrected chi connectivity index (χ2v) is 8.74. The summed E-state index contributed by atoms with van der Waals surface area (Å²) in [6, 6.07) is 15.5. The number of aromatic amines is 1. The van der Waals surface area contributed by atoms with Crippen molar-refractivity contribution in [2.45, 2.75) is 18.9 Å². The topological polar surface area (TPSA) is 76.6 Å². The predicted octanol–water partition coefficient (Wildman–Crippen LogP) is 3.34. The van der Waals surface area contributed by atoms with Crippen LogP contribution < -0.4 is 0 Å². The zero-order valence-corrected chi connectivity index (χ0v) is 16.9. The van der Waals surface area contributed by atoms with Gasteiger partial charge in [0.1, 0.15) is 5.69 Å². The predicted molar refractivity (Wildman–Crippen MR) is 112 cm³/mol. The van der Waals surface area contributed by atoms with Crippen LogP contribution in [0.2, 0.25) is 5.02 Å². The van der Waals surface area contributed by atoms with E-state index in [9.17, 15) is 15.0 Å². The van der Waals surface area contributed by atoms with Gasteiger partial charge in [0.2, 0.25) is 0 Å². The Balaban J connectivity index is 1.46. The largest absolute Gasteiger partial charge is 0.396 e. The fraction of sp³-hybridized carbons (Fsp3) is 0.348. The number of halogens is 1. The molecule has 2 aromatic carbocycles. The molecule has 29 heavy (non-hydrogen) atoms. The van der Waals surface area contributed by atoms with Crippen LogP contribution >= 0.6 is 11.6 Å². The number of likely N-dealkylation sites (tertiary alicyclic amines) is 1. The summed E-state index contributed by atoms with van der Waals surface area (Å²) in [6.45, 7) is 2.62. The molecule has 150 valence electrons. The van der Waals surface area contributed by atoms with Crippen LogP contribution in [0, 0.1) is 18.3 Å². The maximum absolute atomic E-state index is 13.3. The first-order valence-electron chi connectivity index (χ1n) is 9.88. The Kier molecular flexibility index (Phi) is 4.24. The van der Waals surface area contributed by atoms with Crippen molar-refractivity contribution < 1.29 is 15.0 Å². The molecule has 6 heteroatoms. The molecular weight excluding hydrogens is 388 g/mol. The number of fused-ring (bicyclic) bond motifs is 1. The number of rotatable bonds is 3. The summed E-state index contributed by atoms with van der Waals surface area (Å²) in [5.74, 6) is -0.106. The molecule has 3 aromatic rings. The maximum Gasteiger partial charge on any atom is 0.270 e. The number of carbonyl (C=O) groups excluding carboxylic acids is 1. The highest BCUT2D eigenvalue weighted by Crippen LogP contribution is 2.68. The van der Waals surface area contributed by atoms with Gasteiger partial charge in [-0.3, -0.25) is 4.79 Å². The van der Waals surface area contributed by atoms with E-state index in [1.165, 1.54) is 0 Å². The molecule has 2 heterocycles. The summed E-state index contributed by atoms with van der Waals surface area (Å²) in [7, 11) is 0. The number of hydrogen-bond donors (Lipinski definition) is 3. The minimum Gasteiger partial charge on any atom is -0.396 e. The third-order valence-corrected chi connectivity index (χ3v) is 7.15. The number of aliphatic hydroxyl groups is 2. The number of nitrogens with one attached hydrogen (secondary N) is 1. The Morgan fingerprint density at radius 3 is 2.76 bits per heavy atom. The minimum absolute atomic E-state index is 0.00255. The van der Waals surface area contributed by atoms with Crippen molar-refractivity contribution in [2.24, 2.45) is 11.3 Å². The third kappa shape index (κ3) is 2.65. The molecule has 5 nitrogen and oxygen atoms in total. The molecule has 5 rings (SSSR count). The molecule has 0 unspecified atom stereocenters. The molecular formula is C23H23ClN2O3. The first kappa shape index (κ1) is 18.7. The Labute approximate surface area is 173 Å². The van der Waals surface area contributed by atoms with E-state index in [4.69, 9.17) is 11.6 Å². The Morgan fingerprint density at radius 1 is 1.28 bits per heavy atom. The molecule has 0 radical (unpaired) electrons. The lowest BCUT2D eigenvalue weighted by Crippen LogP contribution is -2.30. The smallest absolute Gasteiger partial charge is 0.270 e. The fourth-order valence-electron chi connectivity index (χ4n) is 5.39. The van der Waals surface area contributed by atoms with Gasteiger partial charge in [-0.25, -0.2) is 0 Å². The molecule has 1 aromatic heterocycles. The summed E-state index contributed by atoms with van der Waals surface area (Å²) in [5.41, 5.74) is 2.89. The average molecular weight is 411 g/mol. The quantitative estimate of drug-likeness (QED) is 0.619. The first-order valence-corrected chi connectivity index (χ1v) is 10.3. The van der Waals surface area contributed by atoms with Gasteiger partial charge < -0.3 is 20.1 Å². The van der Waals surface area contributed by atoms with Crippen LogP contribution in [-0.2, 0) is 0 Å². The lowest BCUT2D eigenvalue weighted by atomic mass is 9.95. The number of nitrogens with zero attached hydrogens (tertiary/aromatic N) is 1. The lowest BCUT2D eigenvalue weighted by molar-refractivity contribution is 0.0758. The number of carbonyl (C=O) groups is 1. The molecule has 1 saturated heterocycles. The second kappa shape index (κ2) is 6.59. The molecule has 1 saturated carbocycles. The van der Waals surface area contributed by atoms with Gasteiger partial charge >= 0.3 is 0 Å². The van der Waals surface area contributed by atoms with E-state index < -0.39 is 11.5 Å². The molecule has 1 spiro atoms. The van der Waals surface area contributed by atoms with Gasteiger partial charge in [-0.1, -0.05) is 41.9 Å². The SMILES string of the molecule is Cc1c(C(=O)N2C[C@H](O)[C@@]3(C2)[C@H](CO)[C@H]3c2ccccc2)[nH]c2ccc(Cl)cc12. The van der Waals surface area contributed by atoms with Crippen molar-refractivity contribution in [3.8, 4) is 0 Å².